The number of rotatable bonds is 12. The number of amides is 2. The molecular weight excluding hydrogens is 504 g/mol. The van der Waals surface area contributed by atoms with Crippen LogP contribution < -0.4 is 5.32 Å². The average molecular weight is 547 g/mol. The van der Waals surface area contributed by atoms with Crippen LogP contribution in [0.4, 0.5) is 4.79 Å². The quantitative estimate of drug-likeness (QED) is 0.197. The van der Waals surface area contributed by atoms with Crippen molar-refractivity contribution >= 4 is 24.4 Å². The van der Waals surface area contributed by atoms with Crippen LogP contribution in [0.15, 0.2) is 67.8 Å². The van der Waals surface area contributed by atoms with E-state index in [-0.39, 0.29) is 19.1 Å². The fourth-order valence-electron chi connectivity index (χ4n) is 5.16. The molecule has 7 heteroatoms. The zero-order chi connectivity index (χ0) is 29.3. The van der Waals surface area contributed by atoms with Crippen LogP contribution >= 0.6 is 0 Å². The Balaban J connectivity index is 1.81. The van der Waals surface area contributed by atoms with Gasteiger partial charge in [0.1, 0.15) is 17.9 Å². The van der Waals surface area contributed by atoms with Crippen LogP contribution in [0, 0.1) is 5.41 Å². The molecule has 214 valence electrons. The lowest BCUT2D eigenvalue weighted by Gasteiger charge is -2.35. The van der Waals surface area contributed by atoms with E-state index in [2.05, 4.69) is 18.5 Å². The first-order chi connectivity index (χ1) is 19.1. The molecule has 0 bridgehead atoms. The molecule has 1 aliphatic rings. The second-order valence-electron chi connectivity index (χ2n) is 11.3. The number of benzene rings is 2. The summed E-state index contributed by atoms with van der Waals surface area (Å²) in [6.07, 6.45) is 6.52. The van der Waals surface area contributed by atoms with Gasteiger partial charge in [-0.25, -0.2) is 4.79 Å². The molecule has 3 rings (SSSR count). The molecule has 1 heterocycles. The lowest BCUT2D eigenvalue weighted by molar-refractivity contribution is -0.139. The fourth-order valence-corrected chi connectivity index (χ4v) is 5.16. The molecule has 0 aliphatic carbocycles. The molecule has 0 spiro atoms. The van der Waals surface area contributed by atoms with Crippen molar-refractivity contribution in [3.63, 3.8) is 0 Å². The van der Waals surface area contributed by atoms with Crippen molar-refractivity contribution in [2.75, 3.05) is 20.3 Å². The van der Waals surface area contributed by atoms with Gasteiger partial charge in [-0.05, 0) is 46.9 Å². The van der Waals surface area contributed by atoms with Crippen LogP contribution in [-0.2, 0) is 24.7 Å². The van der Waals surface area contributed by atoms with Crippen LogP contribution in [0.1, 0.15) is 57.6 Å². The summed E-state index contributed by atoms with van der Waals surface area (Å²) in [4.78, 5) is 40.2. The van der Waals surface area contributed by atoms with Crippen molar-refractivity contribution in [3.8, 4) is 11.1 Å². The highest BCUT2D eigenvalue weighted by molar-refractivity contribution is 5.89. The molecule has 1 saturated heterocycles. The molecule has 0 aromatic heterocycles. The molecule has 7 nitrogen and oxygen atoms in total. The first-order valence-corrected chi connectivity index (χ1v) is 13.8. The Morgan fingerprint density at radius 3 is 2.42 bits per heavy atom. The summed E-state index contributed by atoms with van der Waals surface area (Å²) < 4.78 is 11.4. The second-order valence-corrected chi connectivity index (χ2v) is 11.3. The molecule has 40 heavy (non-hydrogen) atoms. The van der Waals surface area contributed by atoms with Gasteiger partial charge in [-0.3, -0.25) is 4.79 Å². The summed E-state index contributed by atoms with van der Waals surface area (Å²) >= 11 is 0. The summed E-state index contributed by atoms with van der Waals surface area (Å²) in [5.41, 5.74) is 2.51. The smallest absolute Gasteiger partial charge is 0.407 e. The van der Waals surface area contributed by atoms with Gasteiger partial charge in [0.25, 0.3) is 0 Å². The third kappa shape index (κ3) is 7.07. The standard InChI is InChI=1S/C33H42N2O5/c1-7-9-10-13-20-40-31(38)34-29(32(3,4)5)30(37)35-23-33(39-6,21-27(35)22-36)26-18-16-25(17-19-26)28-15-12-11-14-24(28)8-2/h7-8,11-12,14-19,22,27,29H,1-2,9-10,13,20-21,23H2,3-6H3,(H,34,38)/t27-,29+,33-/m0/s1. The number of allylic oxidation sites excluding steroid dienone is 1. The third-order valence-corrected chi connectivity index (χ3v) is 7.51. The number of nitrogens with zero attached hydrogens (tertiary/aromatic N) is 1. The van der Waals surface area contributed by atoms with Crippen molar-refractivity contribution in [3.05, 3.63) is 78.9 Å². The van der Waals surface area contributed by atoms with Gasteiger partial charge in [-0.15, -0.1) is 6.58 Å². The first kappa shape index (κ1) is 30.8. The first-order valence-electron chi connectivity index (χ1n) is 13.8. The van der Waals surface area contributed by atoms with E-state index in [1.807, 2.05) is 81.5 Å². The highest BCUT2D eigenvalue weighted by Crippen LogP contribution is 2.40. The number of hydrogen-bond donors (Lipinski definition) is 1. The number of alkyl carbamates (subject to hydrolysis) is 1. The van der Waals surface area contributed by atoms with E-state index in [9.17, 15) is 14.4 Å². The SMILES string of the molecule is C=CCCCCOC(=O)N[C@H](C(=O)N1C[C@](OC)(c2ccc(-c3ccccc3C=C)cc2)C[C@H]1C=O)C(C)(C)C. The van der Waals surface area contributed by atoms with E-state index < -0.39 is 29.2 Å². The topological polar surface area (TPSA) is 84.9 Å². The predicted octanol–water partition coefficient (Wildman–Crippen LogP) is 6.14. The van der Waals surface area contributed by atoms with Crippen molar-refractivity contribution < 1.29 is 23.9 Å². The summed E-state index contributed by atoms with van der Waals surface area (Å²) in [5, 5.41) is 2.75. The van der Waals surface area contributed by atoms with E-state index in [4.69, 9.17) is 9.47 Å². The Bertz CT molecular complexity index is 1200. The zero-order valence-electron chi connectivity index (χ0n) is 24.2. The van der Waals surface area contributed by atoms with Crippen LogP contribution in [0.2, 0.25) is 0 Å². The minimum absolute atomic E-state index is 0.180. The maximum Gasteiger partial charge on any atom is 0.407 e. The number of hydrogen-bond acceptors (Lipinski definition) is 5. The second kappa shape index (κ2) is 13.6. The Hall–Kier alpha value is -3.71. The molecule has 2 amide bonds. The van der Waals surface area contributed by atoms with Gasteiger partial charge < -0.3 is 24.5 Å². The monoisotopic (exact) mass is 546 g/mol. The summed E-state index contributed by atoms with van der Waals surface area (Å²) in [7, 11) is 1.60. The zero-order valence-corrected chi connectivity index (χ0v) is 24.2. The molecule has 2 aromatic carbocycles. The van der Waals surface area contributed by atoms with E-state index in [1.165, 1.54) is 4.90 Å². The van der Waals surface area contributed by atoms with Gasteiger partial charge in [0, 0.05) is 13.5 Å². The molecular formula is C33H42N2O5. The van der Waals surface area contributed by atoms with Crippen molar-refractivity contribution in [2.45, 2.75) is 64.1 Å². The number of likely N-dealkylation sites (tertiary alicyclic amines) is 1. The number of nitrogens with one attached hydrogen (secondary N) is 1. The lowest BCUT2D eigenvalue weighted by atomic mass is 9.85. The summed E-state index contributed by atoms with van der Waals surface area (Å²) in [6.45, 7) is 13.6. The van der Waals surface area contributed by atoms with Crippen LogP contribution in [-0.4, -0.2) is 55.5 Å². The molecule has 1 aliphatic heterocycles. The number of unbranched alkanes of at least 4 members (excludes halogenated alkanes) is 2. The Morgan fingerprint density at radius 1 is 1.12 bits per heavy atom. The molecule has 0 saturated carbocycles. The number of methoxy groups -OCH3 is 1. The van der Waals surface area contributed by atoms with Gasteiger partial charge in [-0.1, -0.05) is 88.0 Å². The van der Waals surface area contributed by atoms with Crippen molar-refractivity contribution in [2.24, 2.45) is 5.41 Å². The molecule has 1 fully saturated rings. The van der Waals surface area contributed by atoms with E-state index in [1.54, 1.807) is 7.11 Å². The third-order valence-electron chi connectivity index (χ3n) is 7.51. The predicted molar refractivity (Wildman–Crippen MR) is 159 cm³/mol. The fraction of sp³-hybridized carbons (Fsp3) is 0.424. The number of ether oxygens (including phenoxy) is 2. The van der Waals surface area contributed by atoms with Crippen molar-refractivity contribution in [1.29, 1.82) is 0 Å². The van der Waals surface area contributed by atoms with Crippen LogP contribution in [0.3, 0.4) is 0 Å². The maximum absolute atomic E-state index is 13.9. The number of aldehydes is 1. The largest absolute Gasteiger partial charge is 0.450 e. The summed E-state index contributed by atoms with van der Waals surface area (Å²) in [5.74, 6) is -0.344. The van der Waals surface area contributed by atoms with E-state index in [0.717, 1.165) is 41.4 Å². The average Bonchev–Trinajstić information content (AvgIpc) is 3.35. The van der Waals surface area contributed by atoms with E-state index >= 15 is 0 Å². The van der Waals surface area contributed by atoms with Crippen molar-refractivity contribution in [1.82, 2.24) is 10.2 Å². The van der Waals surface area contributed by atoms with Gasteiger partial charge in [0.15, 0.2) is 0 Å². The Morgan fingerprint density at radius 2 is 1.82 bits per heavy atom. The highest BCUT2D eigenvalue weighted by Gasteiger charge is 2.50. The maximum atomic E-state index is 13.9. The molecule has 1 N–H and O–H groups in total. The van der Waals surface area contributed by atoms with Crippen LogP contribution in [0.5, 0.6) is 0 Å². The molecule has 3 atom stereocenters. The minimum Gasteiger partial charge on any atom is -0.450 e. The number of carbonyl (C=O) groups is 3. The van der Waals surface area contributed by atoms with Crippen LogP contribution in [0.25, 0.3) is 17.2 Å². The highest BCUT2D eigenvalue weighted by atomic mass is 16.5. The molecule has 2 aromatic rings. The minimum atomic E-state index is -0.888. The van der Waals surface area contributed by atoms with Gasteiger partial charge in [0.05, 0.1) is 19.2 Å². The Kier molecular flexibility index (Phi) is 10.5. The summed E-state index contributed by atoms with van der Waals surface area (Å²) in [6, 6.07) is 14.4. The van der Waals surface area contributed by atoms with Gasteiger partial charge >= 0.3 is 6.09 Å². The normalized spacial score (nSPS) is 19.5. The van der Waals surface area contributed by atoms with Gasteiger partial charge in [-0.2, -0.15) is 0 Å². The number of carbonyl (C=O) groups excluding carboxylic acids is 3. The lowest BCUT2D eigenvalue weighted by Crippen LogP contribution is -2.56. The molecule has 0 radical (unpaired) electrons. The molecule has 0 unspecified atom stereocenters. The Labute approximate surface area is 238 Å². The van der Waals surface area contributed by atoms with E-state index in [0.29, 0.717) is 12.8 Å². The van der Waals surface area contributed by atoms with Gasteiger partial charge in [0.2, 0.25) is 5.91 Å².